The number of alkyl halides is 2. The lowest BCUT2D eigenvalue weighted by Crippen LogP contribution is -2.53. The van der Waals surface area contributed by atoms with Gasteiger partial charge in [0.25, 0.3) is 11.6 Å². The third kappa shape index (κ3) is 5.11. The number of amides is 1. The van der Waals surface area contributed by atoms with Gasteiger partial charge in [-0.3, -0.25) is 10.1 Å². The van der Waals surface area contributed by atoms with Crippen LogP contribution in [0.1, 0.15) is 18.4 Å². The summed E-state index contributed by atoms with van der Waals surface area (Å²) < 4.78 is 34.2. The number of hydrogen-bond donors (Lipinski definition) is 1. The normalized spacial score (nSPS) is 24.9. The van der Waals surface area contributed by atoms with Crippen LogP contribution in [-0.4, -0.2) is 64.7 Å². The molecule has 28 heavy (non-hydrogen) atoms. The minimum atomic E-state index is -2.97. The number of ether oxygens (including phenoxy) is 1. The van der Waals surface area contributed by atoms with Gasteiger partial charge in [0.1, 0.15) is 6.61 Å². The van der Waals surface area contributed by atoms with Crippen LogP contribution in [0.3, 0.4) is 0 Å². The van der Waals surface area contributed by atoms with Crippen molar-refractivity contribution in [3.05, 3.63) is 39.9 Å². The molecule has 0 radical (unpaired) electrons. The van der Waals surface area contributed by atoms with Crippen LogP contribution in [0.15, 0.2) is 24.3 Å². The first-order valence-corrected chi connectivity index (χ1v) is 9.69. The highest BCUT2D eigenvalue weighted by atomic mass is 32.1. The van der Waals surface area contributed by atoms with Gasteiger partial charge in [-0.2, -0.15) is 12.6 Å². The molecule has 0 saturated carbocycles. The Morgan fingerprint density at radius 1 is 1.29 bits per heavy atom. The Hall–Kier alpha value is -1.94. The van der Waals surface area contributed by atoms with Gasteiger partial charge in [-0.25, -0.2) is 13.6 Å². The fourth-order valence-corrected chi connectivity index (χ4v) is 3.95. The van der Waals surface area contributed by atoms with Crippen molar-refractivity contribution in [1.82, 2.24) is 9.80 Å². The van der Waals surface area contributed by atoms with E-state index in [1.807, 2.05) is 4.90 Å². The van der Waals surface area contributed by atoms with Crippen molar-refractivity contribution < 1.29 is 23.2 Å². The first-order chi connectivity index (χ1) is 13.2. The summed E-state index contributed by atoms with van der Waals surface area (Å²) in [5.41, 5.74) is 0.481. The fourth-order valence-electron chi connectivity index (χ4n) is 3.61. The van der Waals surface area contributed by atoms with Crippen molar-refractivity contribution in [2.75, 3.05) is 32.7 Å². The summed E-state index contributed by atoms with van der Waals surface area (Å²) in [5, 5.41) is 10.9. The lowest BCUT2D eigenvalue weighted by molar-refractivity contribution is -0.384. The molecule has 2 atom stereocenters. The lowest BCUT2D eigenvalue weighted by atomic mass is 9.92. The highest BCUT2D eigenvalue weighted by Gasteiger charge is 2.47. The van der Waals surface area contributed by atoms with Gasteiger partial charge in [-0.05, 0) is 37.1 Å². The summed E-state index contributed by atoms with van der Waals surface area (Å²) in [5.74, 6) is -3.76. The summed E-state index contributed by atoms with van der Waals surface area (Å²) in [4.78, 5) is 25.3. The summed E-state index contributed by atoms with van der Waals surface area (Å²) in [7, 11) is 0. The quantitative estimate of drug-likeness (QED) is 0.454. The first kappa shape index (κ1) is 20.8. The van der Waals surface area contributed by atoms with E-state index in [-0.39, 0.29) is 30.5 Å². The number of piperidine rings is 1. The molecule has 2 aliphatic rings. The summed E-state index contributed by atoms with van der Waals surface area (Å²) in [6.45, 7) is 1.25. The second kappa shape index (κ2) is 8.60. The summed E-state index contributed by atoms with van der Waals surface area (Å²) >= 11 is 4.39. The molecule has 1 unspecified atom stereocenters. The summed E-state index contributed by atoms with van der Waals surface area (Å²) in [6.07, 6.45) is 0.323. The second-order valence-electron chi connectivity index (χ2n) is 7.35. The van der Waals surface area contributed by atoms with Crippen LogP contribution < -0.4 is 0 Å². The Balaban J connectivity index is 1.49. The van der Waals surface area contributed by atoms with Crippen molar-refractivity contribution in [2.24, 2.45) is 5.92 Å². The van der Waals surface area contributed by atoms with Gasteiger partial charge in [0.15, 0.2) is 0 Å². The van der Waals surface area contributed by atoms with Gasteiger partial charge in [0.2, 0.25) is 0 Å². The zero-order valence-electron chi connectivity index (χ0n) is 15.3. The number of nitro groups is 1. The standard InChI is InChI=1S/C18H23F2N3O4S/c19-18(20)12-22(8-5-14(18)9-21-7-6-16(28)10-21)17(24)27-11-13-1-3-15(4-2-13)23(25)26/h1-4,14,16,28H,5-12H2/t14?,16-/m1/s1. The number of benzene rings is 1. The van der Waals surface area contributed by atoms with Crippen LogP contribution in [0, 0.1) is 16.0 Å². The van der Waals surface area contributed by atoms with E-state index in [0.29, 0.717) is 12.1 Å². The Morgan fingerprint density at radius 3 is 2.57 bits per heavy atom. The number of carbonyl (C=O) groups is 1. The van der Waals surface area contributed by atoms with Gasteiger partial charge in [-0.15, -0.1) is 0 Å². The maximum atomic E-state index is 14.6. The van der Waals surface area contributed by atoms with Crippen molar-refractivity contribution in [1.29, 1.82) is 0 Å². The molecule has 0 spiro atoms. The molecule has 1 aromatic carbocycles. The number of nitrogens with zero attached hydrogens (tertiary/aromatic N) is 3. The van der Waals surface area contributed by atoms with Crippen molar-refractivity contribution in [2.45, 2.75) is 30.6 Å². The van der Waals surface area contributed by atoms with E-state index in [9.17, 15) is 23.7 Å². The zero-order valence-corrected chi connectivity index (χ0v) is 16.2. The minimum Gasteiger partial charge on any atom is -0.445 e. The third-order valence-electron chi connectivity index (χ3n) is 5.24. The van der Waals surface area contributed by atoms with Crippen molar-refractivity contribution in [3.8, 4) is 0 Å². The molecule has 1 aromatic rings. The van der Waals surface area contributed by atoms with Crippen LogP contribution in [0.2, 0.25) is 0 Å². The number of likely N-dealkylation sites (tertiary alicyclic amines) is 2. The molecular formula is C18H23F2N3O4S. The van der Waals surface area contributed by atoms with Crippen LogP contribution in [-0.2, 0) is 11.3 Å². The number of thiol groups is 1. The van der Waals surface area contributed by atoms with E-state index >= 15 is 0 Å². The highest BCUT2D eigenvalue weighted by Crippen LogP contribution is 2.34. The zero-order chi connectivity index (χ0) is 20.3. The molecule has 1 amide bonds. The van der Waals surface area contributed by atoms with Gasteiger partial charge in [-0.1, -0.05) is 0 Å². The molecule has 3 rings (SSSR count). The number of halogens is 2. The Bertz CT molecular complexity index is 719. The highest BCUT2D eigenvalue weighted by molar-refractivity contribution is 7.81. The maximum Gasteiger partial charge on any atom is 0.410 e. The largest absolute Gasteiger partial charge is 0.445 e. The molecule has 0 N–H and O–H groups in total. The molecule has 0 bridgehead atoms. The molecule has 154 valence electrons. The van der Waals surface area contributed by atoms with E-state index in [2.05, 4.69) is 12.6 Å². The van der Waals surface area contributed by atoms with Crippen LogP contribution in [0.25, 0.3) is 0 Å². The number of hydrogen-bond acceptors (Lipinski definition) is 6. The predicted octanol–water partition coefficient (Wildman–Crippen LogP) is 3.19. The number of carbonyl (C=O) groups excluding carboxylic acids is 1. The summed E-state index contributed by atoms with van der Waals surface area (Å²) in [6, 6.07) is 5.54. The molecule has 0 aromatic heterocycles. The fraction of sp³-hybridized carbons (Fsp3) is 0.611. The van der Waals surface area contributed by atoms with Gasteiger partial charge in [0.05, 0.1) is 11.5 Å². The number of nitro benzene ring substituents is 1. The molecular weight excluding hydrogens is 392 g/mol. The molecule has 2 fully saturated rings. The van der Waals surface area contributed by atoms with E-state index in [4.69, 9.17) is 4.74 Å². The van der Waals surface area contributed by atoms with E-state index in [1.54, 1.807) is 0 Å². The van der Waals surface area contributed by atoms with E-state index in [1.165, 1.54) is 24.3 Å². The average Bonchev–Trinajstić information content (AvgIpc) is 3.06. The minimum absolute atomic E-state index is 0.0703. The molecule has 2 heterocycles. The number of rotatable bonds is 5. The van der Waals surface area contributed by atoms with Gasteiger partial charge in [0, 0.05) is 42.9 Å². The lowest BCUT2D eigenvalue weighted by Gasteiger charge is -2.39. The van der Waals surface area contributed by atoms with E-state index < -0.39 is 29.4 Å². The molecule has 0 aliphatic carbocycles. The topological polar surface area (TPSA) is 75.9 Å². The van der Waals surface area contributed by atoms with Crippen molar-refractivity contribution >= 4 is 24.4 Å². The third-order valence-corrected chi connectivity index (χ3v) is 5.66. The monoisotopic (exact) mass is 415 g/mol. The molecule has 2 saturated heterocycles. The first-order valence-electron chi connectivity index (χ1n) is 9.18. The molecule has 2 aliphatic heterocycles. The smallest absolute Gasteiger partial charge is 0.410 e. The van der Waals surface area contributed by atoms with E-state index in [0.717, 1.165) is 24.4 Å². The Labute approximate surface area is 167 Å². The SMILES string of the molecule is O=C(OCc1ccc([N+](=O)[O-])cc1)N1CCC(CN2CC[C@@H](S)C2)C(F)(F)C1. The maximum absolute atomic E-state index is 14.6. The second-order valence-corrected chi connectivity index (χ2v) is 8.08. The van der Waals surface area contributed by atoms with Gasteiger partial charge < -0.3 is 14.5 Å². The van der Waals surface area contributed by atoms with Crippen LogP contribution in [0.4, 0.5) is 19.3 Å². The van der Waals surface area contributed by atoms with Crippen LogP contribution in [0.5, 0.6) is 0 Å². The van der Waals surface area contributed by atoms with Gasteiger partial charge >= 0.3 is 6.09 Å². The average molecular weight is 415 g/mol. The number of non-ortho nitro benzene ring substituents is 1. The predicted molar refractivity (Wildman–Crippen MR) is 102 cm³/mol. The van der Waals surface area contributed by atoms with Crippen LogP contribution >= 0.6 is 12.6 Å². The molecule has 10 heteroatoms. The molecule has 7 nitrogen and oxygen atoms in total. The Morgan fingerprint density at radius 2 is 2.00 bits per heavy atom. The Kier molecular flexibility index (Phi) is 6.39. The van der Waals surface area contributed by atoms with Crippen molar-refractivity contribution in [3.63, 3.8) is 0 Å².